The lowest BCUT2D eigenvalue weighted by Gasteiger charge is -2.27. The quantitative estimate of drug-likeness (QED) is 0.671. The lowest BCUT2D eigenvalue weighted by Crippen LogP contribution is -2.36. The Morgan fingerprint density at radius 1 is 1.38 bits per heavy atom. The topological polar surface area (TPSA) is 15.3 Å². The van der Waals surface area contributed by atoms with Crippen LogP contribution in [0.5, 0.6) is 0 Å². The first-order valence-electron chi connectivity index (χ1n) is 6.56. The summed E-state index contributed by atoms with van der Waals surface area (Å²) in [5.74, 6) is 2.04. The molecule has 0 radical (unpaired) electrons. The number of hydrogen-bond donors (Lipinski definition) is 1. The van der Waals surface area contributed by atoms with Crippen LogP contribution in [0.4, 0.5) is 0 Å². The van der Waals surface area contributed by atoms with E-state index in [1.54, 1.807) is 0 Å². The summed E-state index contributed by atoms with van der Waals surface area (Å²) in [7, 11) is 2.26. The van der Waals surface area contributed by atoms with Crippen LogP contribution in [0.25, 0.3) is 0 Å². The predicted octanol–water partition coefficient (Wildman–Crippen LogP) is 2.45. The maximum atomic E-state index is 3.61. The zero-order valence-corrected chi connectivity index (χ0v) is 12.1. The van der Waals surface area contributed by atoms with E-state index in [-0.39, 0.29) is 0 Å². The highest BCUT2D eigenvalue weighted by Gasteiger charge is 2.21. The molecular formula is C13H28N2S. The molecule has 0 amide bonds. The second kappa shape index (κ2) is 7.57. The number of rotatable bonds is 9. The molecule has 0 bridgehead atoms. The van der Waals surface area contributed by atoms with Crippen LogP contribution in [-0.4, -0.2) is 49.1 Å². The fourth-order valence-corrected chi connectivity index (χ4v) is 2.48. The van der Waals surface area contributed by atoms with Gasteiger partial charge in [0.25, 0.3) is 0 Å². The molecule has 2 nitrogen and oxygen atoms in total. The second-order valence-corrected chi connectivity index (χ2v) is 6.34. The van der Waals surface area contributed by atoms with Gasteiger partial charge in [0, 0.05) is 18.6 Å². The van der Waals surface area contributed by atoms with Crippen molar-refractivity contribution in [3.8, 4) is 0 Å². The van der Waals surface area contributed by atoms with E-state index in [2.05, 4.69) is 37.4 Å². The maximum absolute atomic E-state index is 3.61. The molecule has 2 atom stereocenters. The highest BCUT2D eigenvalue weighted by atomic mass is 32.2. The van der Waals surface area contributed by atoms with Gasteiger partial charge in [0.2, 0.25) is 0 Å². The fraction of sp³-hybridized carbons (Fsp3) is 1.00. The lowest BCUT2D eigenvalue weighted by molar-refractivity contribution is 0.218. The Labute approximate surface area is 106 Å². The van der Waals surface area contributed by atoms with Crippen molar-refractivity contribution >= 4 is 11.8 Å². The fourth-order valence-electron chi connectivity index (χ4n) is 1.90. The number of nitrogens with zero attached hydrogens (tertiary/aromatic N) is 1. The highest BCUT2D eigenvalue weighted by molar-refractivity contribution is 7.98. The smallest absolute Gasteiger partial charge is 0.00718 e. The van der Waals surface area contributed by atoms with Crippen molar-refractivity contribution in [2.75, 3.05) is 32.1 Å². The van der Waals surface area contributed by atoms with Gasteiger partial charge in [0.05, 0.1) is 0 Å². The average Bonchev–Trinajstić information content (AvgIpc) is 3.06. The average molecular weight is 244 g/mol. The van der Waals surface area contributed by atoms with Gasteiger partial charge in [-0.25, -0.2) is 0 Å². The van der Waals surface area contributed by atoms with E-state index in [1.807, 2.05) is 11.8 Å². The molecule has 96 valence electrons. The molecule has 1 rings (SSSR count). The largest absolute Gasteiger partial charge is 0.314 e. The first-order chi connectivity index (χ1) is 7.63. The standard InChI is InChI=1S/C13H28N2S/c1-11(9-14-13-5-6-13)10-15(3)12(2)7-8-16-4/h11-14H,5-10H2,1-4H3. The maximum Gasteiger partial charge on any atom is 0.00718 e. The molecule has 0 spiro atoms. The van der Waals surface area contributed by atoms with E-state index in [4.69, 9.17) is 0 Å². The number of nitrogens with one attached hydrogen (secondary N) is 1. The van der Waals surface area contributed by atoms with Crippen molar-refractivity contribution in [3.05, 3.63) is 0 Å². The summed E-state index contributed by atoms with van der Waals surface area (Å²) in [4.78, 5) is 2.51. The van der Waals surface area contributed by atoms with Crippen molar-refractivity contribution in [1.82, 2.24) is 10.2 Å². The van der Waals surface area contributed by atoms with Crippen LogP contribution >= 0.6 is 11.8 Å². The van der Waals surface area contributed by atoms with E-state index >= 15 is 0 Å². The molecular weight excluding hydrogens is 216 g/mol. The van der Waals surface area contributed by atoms with Crippen LogP contribution in [0.1, 0.15) is 33.1 Å². The summed E-state index contributed by atoms with van der Waals surface area (Å²) in [6, 6.07) is 1.57. The molecule has 1 saturated carbocycles. The highest BCUT2D eigenvalue weighted by Crippen LogP contribution is 2.19. The molecule has 0 aromatic heterocycles. The van der Waals surface area contributed by atoms with Crippen LogP contribution in [0.15, 0.2) is 0 Å². The van der Waals surface area contributed by atoms with Crippen LogP contribution in [0, 0.1) is 5.92 Å². The van der Waals surface area contributed by atoms with Crippen LogP contribution in [-0.2, 0) is 0 Å². The summed E-state index contributed by atoms with van der Waals surface area (Å²) in [5, 5.41) is 3.61. The Bertz CT molecular complexity index is 183. The van der Waals surface area contributed by atoms with Gasteiger partial charge >= 0.3 is 0 Å². The molecule has 1 aliphatic carbocycles. The Morgan fingerprint density at radius 3 is 2.62 bits per heavy atom. The first kappa shape index (κ1) is 14.3. The minimum Gasteiger partial charge on any atom is -0.314 e. The molecule has 3 heteroatoms. The Kier molecular flexibility index (Phi) is 6.78. The minimum atomic E-state index is 0.718. The zero-order valence-electron chi connectivity index (χ0n) is 11.3. The van der Waals surface area contributed by atoms with E-state index < -0.39 is 0 Å². The van der Waals surface area contributed by atoms with E-state index in [0.29, 0.717) is 0 Å². The Hall–Kier alpha value is 0.270. The summed E-state index contributed by atoms with van der Waals surface area (Å²) >= 11 is 1.95. The monoisotopic (exact) mass is 244 g/mol. The van der Waals surface area contributed by atoms with Crippen LogP contribution < -0.4 is 5.32 Å². The molecule has 1 aliphatic rings. The van der Waals surface area contributed by atoms with Crippen molar-refractivity contribution in [1.29, 1.82) is 0 Å². The third-order valence-electron chi connectivity index (χ3n) is 3.42. The van der Waals surface area contributed by atoms with Gasteiger partial charge < -0.3 is 10.2 Å². The van der Waals surface area contributed by atoms with Gasteiger partial charge in [-0.15, -0.1) is 0 Å². The SMILES string of the molecule is CSCCC(C)N(C)CC(C)CNC1CC1. The van der Waals surface area contributed by atoms with E-state index in [0.717, 1.165) is 18.0 Å². The van der Waals surface area contributed by atoms with Crippen molar-refractivity contribution in [3.63, 3.8) is 0 Å². The number of thioether (sulfide) groups is 1. The summed E-state index contributed by atoms with van der Waals surface area (Å²) in [5.41, 5.74) is 0. The molecule has 0 aromatic carbocycles. The molecule has 0 heterocycles. The van der Waals surface area contributed by atoms with Crippen molar-refractivity contribution < 1.29 is 0 Å². The molecule has 0 aliphatic heterocycles. The van der Waals surface area contributed by atoms with Crippen molar-refractivity contribution in [2.45, 2.75) is 45.2 Å². The molecule has 0 aromatic rings. The number of hydrogen-bond acceptors (Lipinski definition) is 3. The minimum absolute atomic E-state index is 0.718. The molecule has 16 heavy (non-hydrogen) atoms. The molecule has 0 saturated heterocycles. The molecule has 1 N–H and O–H groups in total. The lowest BCUT2D eigenvalue weighted by atomic mass is 10.1. The van der Waals surface area contributed by atoms with Gasteiger partial charge in [-0.1, -0.05) is 6.92 Å². The zero-order chi connectivity index (χ0) is 12.0. The van der Waals surface area contributed by atoms with Crippen molar-refractivity contribution in [2.24, 2.45) is 5.92 Å². The summed E-state index contributed by atoms with van der Waals surface area (Å²) in [6.45, 7) is 7.10. The Morgan fingerprint density at radius 2 is 2.06 bits per heavy atom. The van der Waals surface area contributed by atoms with Crippen LogP contribution in [0.3, 0.4) is 0 Å². The molecule has 1 fully saturated rings. The van der Waals surface area contributed by atoms with Crippen LogP contribution in [0.2, 0.25) is 0 Å². The third-order valence-corrected chi connectivity index (χ3v) is 4.07. The predicted molar refractivity (Wildman–Crippen MR) is 75.3 cm³/mol. The van der Waals surface area contributed by atoms with Gasteiger partial charge in [-0.05, 0) is 57.7 Å². The second-order valence-electron chi connectivity index (χ2n) is 5.36. The van der Waals surface area contributed by atoms with Gasteiger partial charge in [-0.3, -0.25) is 0 Å². The summed E-state index contributed by atoms with van der Waals surface area (Å²) in [6.07, 6.45) is 6.29. The van der Waals surface area contributed by atoms with E-state index in [1.165, 1.54) is 38.1 Å². The van der Waals surface area contributed by atoms with Gasteiger partial charge in [0.1, 0.15) is 0 Å². The molecule has 2 unspecified atom stereocenters. The van der Waals surface area contributed by atoms with Gasteiger partial charge in [0.15, 0.2) is 0 Å². The normalized spacial score (nSPS) is 20.1. The van der Waals surface area contributed by atoms with Gasteiger partial charge in [-0.2, -0.15) is 11.8 Å². The van der Waals surface area contributed by atoms with E-state index in [9.17, 15) is 0 Å². The Balaban J connectivity index is 2.07. The third kappa shape index (κ3) is 6.12. The summed E-state index contributed by atoms with van der Waals surface area (Å²) < 4.78 is 0. The first-order valence-corrected chi connectivity index (χ1v) is 7.95.